The van der Waals surface area contributed by atoms with Crippen LogP contribution in [0, 0.1) is 0 Å². The number of methoxy groups -OCH3 is 1. The van der Waals surface area contributed by atoms with Crippen LogP contribution < -0.4 is 10.6 Å². The highest BCUT2D eigenvalue weighted by atomic mass is 16.5. The topological polar surface area (TPSA) is 103 Å². The summed E-state index contributed by atoms with van der Waals surface area (Å²) in [6, 6.07) is 0.171. The number of aromatic nitrogens is 4. The molecular weight excluding hydrogens is 260 g/mol. The van der Waals surface area contributed by atoms with Gasteiger partial charge in [0.05, 0.1) is 0 Å². The van der Waals surface area contributed by atoms with E-state index in [1.807, 2.05) is 0 Å². The molecule has 8 nitrogen and oxygen atoms in total. The molecule has 1 fully saturated rings. The molecule has 2 aromatic heterocycles. The minimum Gasteiger partial charge on any atom is -0.377 e. The summed E-state index contributed by atoms with van der Waals surface area (Å²) in [4.78, 5) is 14.8. The Morgan fingerprint density at radius 1 is 1.55 bits per heavy atom. The molecule has 0 radical (unpaired) electrons. The summed E-state index contributed by atoms with van der Waals surface area (Å²) in [6.07, 6.45) is 4.13. The van der Waals surface area contributed by atoms with Gasteiger partial charge in [0.2, 0.25) is 0 Å². The summed E-state index contributed by atoms with van der Waals surface area (Å²) in [5, 5.41) is 3.86. The number of rotatable bonds is 4. The lowest BCUT2D eigenvalue weighted by molar-refractivity contribution is 0.174. The molecule has 8 heteroatoms. The maximum absolute atomic E-state index is 5.94. The first-order valence-corrected chi connectivity index (χ1v) is 6.40. The summed E-state index contributed by atoms with van der Waals surface area (Å²) in [5.74, 6) is 1.67. The molecular formula is C12H16N6O2. The first-order valence-electron chi connectivity index (χ1n) is 6.40. The highest BCUT2D eigenvalue weighted by Crippen LogP contribution is 2.28. The molecule has 0 unspecified atom stereocenters. The van der Waals surface area contributed by atoms with Crippen LogP contribution in [0.2, 0.25) is 0 Å². The van der Waals surface area contributed by atoms with Crippen molar-refractivity contribution in [1.82, 2.24) is 20.1 Å². The van der Waals surface area contributed by atoms with Crippen molar-refractivity contribution in [2.75, 3.05) is 25.1 Å². The lowest BCUT2D eigenvalue weighted by Crippen LogP contribution is -2.27. The summed E-state index contributed by atoms with van der Waals surface area (Å²) < 4.78 is 10.2. The summed E-state index contributed by atoms with van der Waals surface area (Å²) in [5.41, 5.74) is 6.66. The van der Waals surface area contributed by atoms with Crippen molar-refractivity contribution >= 4 is 5.82 Å². The molecule has 1 aliphatic heterocycles. The van der Waals surface area contributed by atoms with Gasteiger partial charge in [-0.15, -0.1) is 0 Å². The second kappa shape index (κ2) is 5.51. The van der Waals surface area contributed by atoms with Crippen molar-refractivity contribution in [1.29, 1.82) is 0 Å². The third-order valence-electron chi connectivity index (χ3n) is 3.19. The van der Waals surface area contributed by atoms with E-state index in [0.717, 1.165) is 30.9 Å². The van der Waals surface area contributed by atoms with Crippen LogP contribution >= 0.6 is 0 Å². The molecule has 2 N–H and O–H groups in total. The largest absolute Gasteiger partial charge is 0.377 e. The number of anilines is 1. The molecule has 106 valence electrons. The van der Waals surface area contributed by atoms with Gasteiger partial charge in [-0.3, -0.25) is 0 Å². The van der Waals surface area contributed by atoms with Crippen LogP contribution in [0.15, 0.2) is 17.0 Å². The first kappa shape index (κ1) is 12.9. The van der Waals surface area contributed by atoms with Crippen LogP contribution in [0.25, 0.3) is 11.5 Å². The van der Waals surface area contributed by atoms with E-state index >= 15 is 0 Å². The summed E-state index contributed by atoms with van der Waals surface area (Å²) in [6.45, 7) is 1.94. The van der Waals surface area contributed by atoms with Gasteiger partial charge in [-0.05, 0) is 6.42 Å². The SMILES string of the molecule is COCc1noc(-c2cncnc2N2CC[C@@H](N)C2)n1. The quantitative estimate of drug-likeness (QED) is 0.845. The number of nitrogens with two attached hydrogens (primary N) is 1. The molecule has 0 aliphatic carbocycles. The maximum atomic E-state index is 5.94. The molecule has 0 aromatic carbocycles. The number of nitrogens with zero attached hydrogens (tertiary/aromatic N) is 5. The van der Waals surface area contributed by atoms with E-state index in [0.29, 0.717) is 18.3 Å². The zero-order chi connectivity index (χ0) is 13.9. The molecule has 0 saturated carbocycles. The predicted octanol–water partition coefficient (Wildman–Crippen LogP) is 0.210. The Labute approximate surface area is 116 Å². The van der Waals surface area contributed by atoms with Crippen LogP contribution in [0.3, 0.4) is 0 Å². The van der Waals surface area contributed by atoms with Gasteiger partial charge >= 0.3 is 0 Å². The van der Waals surface area contributed by atoms with Gasteiger partial charge in [0.25, 0.3) is 5.89 Å². The summed E-state index contributed by atoms with van der Waals surface area (Å²) >= 11 is 0. The molecule has 0 bridgehead atoms. The van der Waals surface area contributed by atoms with Crippen molar-refractivity contribution in [3.05, 3.63) is 18.3 Å². The lowest BCUT2D eigenvalue weighted by atomic mass is 10.3. The smallest absolute Gasteiger partial charge is 0.263 e. The van der Waals surface area contributed by atoms with Crippen LogP contribution in [0.1, 0.15) is 12.2 Å². The maximum Gasteiger partial charge on any atom is 0.263 e. The fraction of sp³-hybridized carbons (Fsp3) is 0.500. The minimum atomic E-state index is 0.171. The highest BCUT2D eigenvalue weighted by molar-refractivity contribution is 5.69. The molecule has 1 aliphatic rings. The molecule has 1 atom stereocenters. The standard InChI is InChI=1S/C12H16N6O2/c1-19-6-10-16-12(20-17-10)9-4-14-7-15-11(9)18-3-2-8(13)5-18/h4,7-8H,2-3,5-6,13H2,1H3/t8-/m1/s1. The first-order chi connectivity index (χ1) is 9.78. The second-order valence-electron chi connectivity index (χ2n) is 4.70. The fourth-order valence-electron chi connectivity index (χ4n) is 2.26. The Kier molecular flexibility index (Phi) is 3.57. The molecule has 20 heavy (non-hydrogen) atoms. The molecule has 3 rings (SSSR count). The number of ether oxygens (including phenoxy) is 1. The van der Waals surface area contributed by atoms with Gasteiger partial charge in [-0.2, -0.15) is 4.98 Å². The Morgan fingerprint density at radius 2 is 2.45 bits per heavy atom. The number of hydrogen-bond donors (Lipinski definition) is 1. The van der Waals surface area contributed by atoms with Crippen molar-refractivity contribution in [3.63, 3.8) is 0 Å². The van der Waals surface area contributed by atoms with E-state index in [9.17, 15) is 0 Å². The monoisotopic (exact) mass is 276 g/mol. The van der Waals surface area contributed by atoms with Gasteiger partial charge in [0.1, 0.15) is 24.3 Å². The highest BCUT2D eigenvalue weighted by Gasteiger charge is 2.25. The van der Waals surface area contributed by atoms with Crippen molar-refractivity contribution in [2.24, 2.45) is 5.73 Å². The second-order valence-corrected chi connectivity index (χ2v) is 4.70. The third kappa shape index (κ3) is 2.47. The molecule has 1 saturated heterocycles. The van der Waals surface area contributed by atoms with Crippen LogP contribution in [-0.4, -0.2) is 46.3 Å². The molecule has 0 amide bonds. The molecule has 0 spiro atoms. The average Bonchev–Trinajstić information content (AvgIpc) is 3.08. The zero-order valence-electron chi connectivity index (χ0n) is 11.2. The normalized spacial score (nSPS) is 18.7. The Hall–Kier alpha value is -2.06. The Bertz CT molecular complexity index is 587. The van der Waals surface area contributed by atoms with Crippen LogP contribution in [0.4, 0.5) is 5.82 Å². The predicted molar refractivity (Wildman–Crippen MR) is 70.8 cm³/mol. The van der Waals surface area contributed by atoms with E-state index in [2.05, 4.69) is 25.0 Å². The Balaban J connectivity index is 1.92. The van der Waals surface area contributed by atoms with Crippen molar-refractivity contribution in [3.8, 4) is 11.5 Å². The van der Waals surface area contributed by atoms with Crippen LogP contribution in [-0.2, 0) is 11.3 Å². The van der Waals surface area contributed by atoms with Crippen molar-refractivity contribution in [2.45, 2.75) is 19.1 Å². The lowest BCUT2D eigenvalue weighted by Gasteiger charge is -2.18. The number of hydrogen-bond acceptors (Lipinski definition) is 8. The average molecular weight is 276 g/mol. The van der Waals surface area contributed by atoms with Gasteiger partial charge in [0, 0.05) is 32.4 Å². The van der Waals surface area contributed by atoms with E-state index in [1.165, 1.54) is 6.33 Å². The van der Waals surface area contributed by atoms with Gasteiger partial charge in [0.15, 0.2) is 5.82 Å². The molecule has 2 aromatic rings. The van der Waals surface area contributed by atoms with Gasteiger partial charge in [-0.1, -0.05) is 5.16 Å². The molecule has 3 heterocycles. The minimum absolute atomic E-state index is 0.171. The summed E-state index contributed by atoms with van der Waals surface area (Å²) in [7, 11) is 1.58. The van der Waals surface area contributed by atoms with E-state index in [1.54, 1.807) is 13.3 Å². The van der Waals surface area contributed by atoms with E-state index < -0.39 is 0 Å². The van der Waals surface area contributed by atoms with Crippen LogP contribution in [0.5, 0.6) is 0 Å². The van der Waals surface area contributed by atoms with E-state index in [-0.39, 0.29) is 6.04 Å². The third-order valence-corrected chi connectivity index (χ3v) is 3.19. The van der Waals surface area contributed by atoms with E-state index in [4.69, 9.17) is 15.0 Å². The zero-order valence-corrected chi connectivity index (χ0v) is 11.2. The van der Waals surface area contributed by atoms with Gasteiger partial charge < -0.3 is 19.9 Å². The fourth-order valence-corrected chi connectivity index (χ4v) is 2.26. The van der Waals surface area contributed by atoms with Gasteiger partial charge in [-0.25, -0.2) is 9.97 Å². The van der Waals surface area contributed by atoms with Crippen molar-refractivity contribution < 1.29 is 9.26 Å². The Morgan fingerprint density at radius 3 is 3.20 bits per heavy atom.